The average molecular weight is 473 g/mol. The summed E-state index contributed by atoms with van der Waals surface area (Å²) in [5, 5.41) is 7.60. The molecule has 1 aliphatic rings. The number of fused-ring (bicyclic) bond motifs is 1. The molecular formula is C21H24IN5. The number of halogens is 1. The van der Waals surface area contributed by atoms with Crippen LogP contribution in [-0.2, 0) is 19.3 Å². The van der Waals surface area contributed by atoms with E-state index in [2.05, 4.69) is 33.6 Å². The molecule has 0 aliphatic heterocycles. The molecule has 0 saturated carbocycles. The summed E-state index contributed by atoms with van der Waals surface area (Å²) >= 11 is 0. The van der Waals surface area contributed by atoms with Crippen LogP contribution in [0.5, 0.6) is 0 Å². The molecule has 2 aromatic carbocycles. The smallest absolute Gasteiger partial charge is 0.193 e. The summed E-state index contributed by atoms with van der Waals surface area (Å²) in [6, 6.07) is 16.5. The lowest BCUT2D eigenvalue weighted by Crippen LogP contribution is -2.23. The minimum Gasteiger partial charge on any atom is -0.370 e. The molecule has 3 N–H and O–H groups in total. The zero-order valence-corrected chi connectivity index (χ0v) is 17.5. The van der Waals surface area contributed by atoms with E-state index in [-0.39, 0.29) is 24.0 Å². The highest BCUT2D eigenvalue weighted by atomic mass is 127. The van der Waals surface area contributed by atoms with Crippen LogP contribution in [0.25, 0.3) is 5.69 Å². The van der Waals surface area contributed by atoms with Crippen LogP contribution >= 0.6 is 24.0 Å². The van der Waals surface area contributed by atoms with E-state index in [9.17, 15) is 0 Å². The van der Waals surface area contributed by atoms with Crippen molar-refractivity contribution >= 4 is 35.6 Å². The molecule has 6 heteroatoms. The molecule has 5 nitrogen and oxygen atoms in total. The molecule has 1 aromatic heterocycles. The first-order valence-corrected chi connectivity index (χ1v) is 9.06. The van der Waals surface area contributed by atoms with Crippen LogP contribution in [0, 0.1) is 0 Å². The number of aromatic nitrogens is 2. The number of aliphatic imine (C=N–C) groups is 1. The Morgan fingerprint density at radius 2 is 1.93 bits per heavy atom. The lowest BCUT2D eigenvalue weighted by atomic mass is 10.1. The third-order valence-electron chi connectivity index (χ3n) is 4.71. The molecule has 1 heterocycles. The van der Waals surface area contributed by atoms with Gasteiger partial charge in [-0.3, -0.25) is 4.99 Å². The largest absolute Gasteiger partial charge is 0.370 e. The van der Waals surface area contributed by atoms with Crippen molar-refractivity contribution in [3.05, 3.63) is 77.6 Å². The number of para-hydroxylation sites is 1. The number of nitrogens with one attached hydrogen (secondary N) is 1. The second-order valence-electron chi connectivity index (χ2n) is 6.61. The van der Waals surface area contributed by atoms with Crippen molar-refractivity contribution in [1.29, 1.82) is 0 Å². The highest BCUT2D eigenvalue weighted by molar-refractivity contribution is 14.0. The average Bonchev–Trinajstić information content (AvgIpc) is 3.31. The second-order valence-corrected chi connectivity index (χ2v) is 6.61. The van der Waals surface area contributed by atoms with Gasteiger partial charge in [-0.1, -0.05) is 24.3 Å². The molecular weight excluding hydrogens is 449 g/mol. The molecule has 4 rings (SSSR count). The Morgan fingerprint density at radius 3 is 2.78 bits per heavy atom. The summed E-state index contributed by atoms with van der Waals surface area (Å²) in [7, 11) is 0. The van der Waals surface area contributed by atoms with Crippen LogP contribution in [0.4, 0.5) is 5.69 Å². The topological polar surface area (TPSA) is 68.2 Å². The molecule has 0 fully saturated rings. The molecule has 0 spiro atoms. The van der Waals surface area contributed by atoms with E-state index in [0.717, 1.165) is 29.8 Å². The number of hydrogen-bond donors (Lipinski definition) is 2. The van der Waals surface area contributed by atoms with Crippen LogP contribution in [0.2, 0.25) is 0 Å². The molecule has 0 radical (unpaired) electrons. The monoisotopic (exact) mass is 473 g/mol. The molecule has 3 aromatic rings. The minimum atomic E-state index is 0. The molecule has 140 valence electrons. The lowest BCUT2D eigenvalue weighted by molar-refractivity contribution is 0.879. The van der Waals surface area contributed by atoms with Crippen molar-refractivity contribution in [2.45, 2.75) is 25.7 Å². The molecule has 0 bridgehead atoms. The Morgan fingerprint density at radius 1 is 1.11 bits per heavy atom. The van der Waals surface area contributed by atoms with Gasteiger partial charge in [0.05, 0.1) is 11.9 Å². The summed E-state index contributed by atoms with van der Waals surface area (Å²) in [4.78, 5) is 4.44. The standard InChI is InChI=1S/C21H23N5.HI/c22-21(25-19-10-9-17-5-4-6-18(17)13-19)23-12-11-16-14-24-26(15-16)20-7-2-1-3-8-20;/h1-3,7-10,13-15H,4-6,11-12H2,(H3,22,23,25);1H. The number of rotatable bonds is 5. The summed E-state index contributed by atoms with van der Waals surface area (Å²) in [5.74, 6) is 0.457. The molecule has 27 heavy (non-hydrogen) atoms. The number of anilines is 1. The highest BCUT2D eigenvalue weighted by Crippen LogP contribution is 2.24. The third-order valence-corrected chi connectivity index (χ3v) is 4.71. The van der Waals surface area contributed by atoms with Crippen LogP contribution in [0.1, 0.15) is 23.1 Å². The van der Waals surface area contributed by atoms with Gasteiger partial charge in [0.1, 0.15) is 0 Å². The first-order valence-electron chi connectivity index (χ1n) is 9.06. The van der Waals surface area contributed by atoms with E-state index in [1.807, 2.05) is 47.4 Å². The number of guanidine groups is 1. The Labute approximate surface area is 176 Å². The van der Waals surface area contributed by atoms with E-state index >= 15 is 0 Å². The molecule has 1 aliphatic carbocycles. The lowest BCUT2D eigenvalue weighted by Gasteiger charge is -2.07. The first kappa shape index (κ1) is 19.4. The number of nitrogens with two attached hydrogens (primary N) is 1. The summed E-state index contributed by atoms with van der Waals surface area (Å²) in [6.45, 7) is 0.629. The van der Waals surface area contributed by atoms with Crippen LogP contribution in [0.15, 0.2) is 65.9 Å². The van der Waals surface area contributed by atoms with Gasteiger partial charge in [-0.05, 0) is 66.6 Å². The van der Waals surface area contributed by atoms with Gasteiger partial charge in [-0.15, -0.1) is 24.0 Å². The van der Waals surface area contributed by atoms with Crippen molar-refractivity contribution in [3.8, 4) is 5.69 Å². The van der Waals surface area contributed by atoms with Crippen LogP contribution in [0.3, 0.4) is 0 Å². The van der Waals surface area contributed by atoms with Gasteiger partial charge in [0.2, 0.25) is 0 Å². The van der Waals surface area contributed by atoms with E-state index in [1.165, 1.54) is 24.0 Å². The molecule has 0 unspecified atom stereocenters. The predicted molar refractivity (Wildman–Crippen MR) is 121 cm³/mol. The van der Waals surface area contributed by atoms with Crippen molar-refractivity contribution < 1.29 is 0 Å². The zero-order valence-electron chi connectivity index (χ0n) is 15.1. The van der Waals surface area contributed by atoms with Gasteiger partial charge < -0.3 is 11.1 Å². The molecule has 0 atom stereocenters. The Balaban J connectivity index is 0.00000210. The van der Waals surface area contributed by atoms with Crippen molar-refractivity contribution in [3.63, 3.8) is 0 Å². The number of hydrogen-bond acceptors (Lipinski definition) is 2. The van der Waals surface area contributed by atoms with Crippen molar-refractivity contribution in [1.82, 2.24) is 9.78 Å². The maximum Gasteiger partial charge on any atom is 0.193 e. The van der Waals surface area contributed by atoms with Gasteiger partial charge in [0.25, 0.3) is 0 Å². The van der Waals surface area contributed by atoms with Crippen molar-refractivity contribution in [2.24, 2.45) is 10.7 Å². The number of aryl methyl sites for hydroxylation is 2. The number of benzene rings is 2. The third kappa shape index (κ3) is 4.88. The quantitative estimate of drug-likeness (QED) is 0.335. The Kier molecular flexibility index (Phi) is 6.49. The summed E-state index contributed by atoms with van der Waals surface area (Å²) in [5.41, 5.74) is 12.1. The van der Waals surface area contributed by atoms with E-state index in [1.54, 1.807) is 0 Å². The molecule has 0 amide bonds. The predicted octanol–water partition coefficient (Wildman–Crippen LogP) is 3.95. The van der Waals surface area contributed by atoms with E-state index in [0.29, 0.717) is 12.5 Å². The van der Waals surface area contributed by atoms with E-state index in [4.69, 9.17) is 5.73 Å². The Bertz CT molecular complexity index is 917. The zero-order chi connectivity index (χ0) is 17.8. The fourth-order valence-electron chi connectivity index (χ4n) is 3.35. The Hall–Kier alpha value is -2.35. The SMILES string of the molecule is I.NC(=NCCc1cnn(-c2ccccc2)c1)Nc1ccc2c(c1)CCC2. The first-order chi connectivity index (χ1) is 12.8. The number of nitrogens with zero attached hydrogens (tertiary/aromatic N) is 3. The highest BCUT2D eigenvalue weighted by Gasteiger charge is 2.10. The van der Waals surface area contributed by atoms with Crippen molar-refractivity contribution in [2.75, 3.05) is 11.9 Å². The fraction of sp³-hybridized carbons (Fsp3) is 0.238. The van der Waals surface area contributed by atoms with E-state index < -0.39 is 0 Å². The fourth-order valence-corrected chi connectivity index (χ4v) is 3.35. The van der Waals surface area contributed by atoms with Crippen LogP contribution in [-0.4, -0.2) is 22.3 Å². The summed E-state index contributed by atoms with van der Waals surface area (Å²) < 4.78 is 1.88. The maximum atomic E-state index is 6.03. The summed E-state index contributed by atoms with van der Waals surface area (Å²) in [6.07, 6.45) is 8.32. The van der Waals surface area contributed by atoms with Gasteiger partial charge >= 0.3 is 0 Å². The maximum absolute atomic E-state index is 6.03. The normalized spacial score (nSPS) is 13.1. The van der Waals surface area contributed by atoms with Gasteiger partial charge in [0, 0.05) is 18.4 Å². The van der Waals surface area contributed by atoms with Gasteiger partial charge in [-0.2, -0.15) is 5.10 Å². The van der Waals surface area contributed by atoms with Gasteiger partial charge in [0.15, 0.2) is 5.96 Å². The van der Waals surface area contributed by atoms with Gasteiger partial charge in [-0.25, -0.2) is 4.68 Å². The molecule has 0 saturated heterocycles. The minimum absolute atomic E-state index is 0. The van der Waals surface area contributed by atoms with Crippen LogP contribution < -0.4 is 11.1 Å². The second kappa shape index (κ2) is 9.03.